The lowest BCUT2D eigenvalue weighted by Gasteiger charge is -2.08. The van der Waals surface area contributed by atoms with Gasteiger partial charge in [0, 0.05) is 9.86 Å². The molecule has 2 rings (SSSR count). The molecule has 1 heterocycles. The van der Waals surface area contributed by atoms with E-state index in [0.717, 1.165) is 25.5 Å². The number of fused-ring (bicyclic) bond motifs is 1. The predicted molar refractivity (Wildman–Crippen MR) is 71.9 cm³/mol. The Hall–Kier alpha value is 0.170. The van der Waals surface area contributed by atoms with Crippen LogP contribution < -0.4 is 0 Å². The summed E-state index contributed by atoms with van der Waals surface area (Å²) < 4.78 is 1.79. The molecule has 0 aliphatic rings. The van der Waals surface area contributed by atoms with Crippen molar-refractivity contribution in [3.63, 3.8) is 0 Å². The molecule has 0 aliphatic heterocycles. The second-order valence-electron chi connectivity index (χ2n) is 3.08. The van der Waals surface area contributed by atoms with Crippen molar-refractivity contribution in [2.45, 2.75) is 6.92 Å². The van der Waals surface area contributed by atoms with Gasteiger partial charge in [0.15, 0.2) is 0 Å². The fourth-order valence-electron chi connectivity index (χ4n) is 1.34. The summed E-state index contributed by atoms with van der Waals surface area (Å²) in [5, 5.41) is 2.07. The number of aromatic nitrogens is 1. The van der Waals surface area contributed by atoms with E-state index in [4.69, 9.17) is 23.2 Å². The molecule has 1 nitrogen and oxygen atoms in total. The second-order valence-corrected chi connectivity index (χ2v) is 5.48. The Morgan fingerprint density at radius 2 is 1.67 bits per heavy atom. The van der Waals surface area contributed by atoms with Crippen molar-refractivity contribution in [2.75, 3.05) is 0 Å². The number of nitrogens with zero attached hydrogens (tertiary/aromatic N) is 1. The van der Waals surface area contributed by atoms with E-state index in [1.54, 1.807) is 12.1 Å². The summed E-state index contributed by atoms with van der Waals surface area (Å²) in [6.45, 7) is 1.91. The van der Waals surface area contributed by atoms with Crippen LogP contribution in [0.15, 0.2) is 21.1 Å². The molecule has 0 saturated heterocycles. The number of aryl methyl sites for hydroxylation is 1. The lowest BCUT2D eigenvalue weighted by Crippen LogP contribution is -1.89. The van der Waals surface area contributed by atoms with Crippen LogP contribution in [-0.4, -0.2) is 4.98 Å². The Morgan fingerprint density at radius 3 is 2.33 bits per heavy atom. The first kappa shape index (κ1) is 11.6. The minimum atomic E-state index is 0.603. The van der Waals surface area contributed by atoms with E-state index in [9.17, 15) is 0 Å². The summed E-state index contributed by atoms with van der Waals surface area (Å²) in [6.07, 6.45) is 0. The molecule has 1 aromatic heterocycles. The molecule has 0 bridgehead atoms. The maximum Gasteiger partial charge on any atom is 0.0918 e. The molecule has 2 aromatic rings. The van der Waals surface area contributed by atoms with E-state index in [-0.39, 0.29) is 0 Å². The zero-order valence-electron chi connectivity index (χ0n) is 7.61. The molecule has 0 amide bonds. The van der Waals surface area contributed by atoms with Crippen molar-refractivity contribution in [1.82, 2.24) is 4.98 Å². The first-order valence-electron chi connectivity index (χ1n) is 4.11. The van der Waals surface area contributed by atoms with Crippen LogP contribution in [0.2, 0.25) is 10.0 Å². The SMILES string of the molecule is Cc1nc2c(Cl)ccc(Cl)c2c(Br)c1Br. The Morgan fingerprint density at radius 1 is 1.07 bits per heavy atom. The van der Waals surface area contributed by atoms with Gasteiger partial charge in [0.2, 0.25) is 0 Å². The third-order valence-electron chi connectivity index (χ3n) is 2.09. The van der Waals surface area contributed by atoms with Crippen LogP contribution in [0.4, 0.5) is 0 Å². The van der Waals surface area contributed by atoms with Crippen molar-refractivity contribution in [3.8, 4) is 0 Å². The Balaban J connectivity index is 3.04. The van der Waals surface area contributed by atoms with E-state index < -0.39 is 0 Å². The predicted octanol–water partition coefficient (Wildman–Crippen LogP) is 5.38. The van der Waals surface area contributed by atoms with Gasteiger partial charge in [-0.25, -0.2) is 0 Å². The molecule has 0 unspecified atom stereocenters. The van der Waals surface area contributed by atoms with Crippen molar-refractivity contribution in [2.24, 2.45) is 0 Å². The highest BCUT2D eigenvalue weighted by atomic mass is 79.9. The Kier molecular flexibility index (Phi) is 3.27. The quantitative estimate of drug-likeness (QED) is 0.608. The standard InChI is InChI=1S/C10H5Br2Cl2N/c1-4-8(11)9(12)7-5(13)2-3-6(14)10(7)15-4/h2-3H,1H3. The first-order chi connectivity index (χ1) is 7.02. The second kappa shape index (κ2) is 4.21. The van der Waals surface area contributed by atoms with Gasteiger partial charge in [0.05, 0.1) is 25.7 Å². The average molecular weight is 370 g/mol. The molecule has 0 fully saturated rings. The monoisotopic (exact) mass is 367 g/mol. The number of hydrogen-bond donors (Lipinski definition) is 0. The number of hydrogen-bond acceptors (Lipinski definition) is 1. The molecule has 0 N–H and O–H groups in total. The largest absolute Gasteiger partial charge is 0.250 e. The van der Waals surface area contributed by atoms with Gasteiger partial charge in [-0.1, -0.05) is 23.2 Å². The fourth-order valence-corrected chi connectivity index (χ4v) is 2.88. The van der Waals surface area contributed by atoms with Crippen molar-refractivity contribution < 1.29 is 0 Å². The van der Waals surface area contributed by atoms with Crippen LogP contribution in [0.25, 0.3) is 10.9 Å². The Labute approximate surface area is 114 Å². The van der Waals surface area contributed by atoms with Gasteiger partial charge in [0.25, 0.3) is 0 Å². The van der Waals surface area contributed by atoms with Crippen LogP contribution in [0.3, 0.4) is 0 Å². The molecule has 5 heteroatoms. The minimum absolute atomic E-state index is 0.603. The van der Waals surface area contributed by atoms with Crippen LogP contribution >= 0.6 is 55.1 Å². The van der Waals surface area contributed by atoms with Gasteiger partial charge in [-0.3, -0.25) is 4.98 Å². The van der Waals surface area contributed by atoms with E-state index in [0.29, 0.717) is 10.0 Å². The van der Waals surface area contributed by atoms with Crippen molar-refractivity contribution in [1.29, 1.82) is 0 Å². The average Bonchev–Trinajstić information content (AvgIpc) is 2.20. The number of benzene rings is 1. The topological polar surface area (TPSA) is 12.9 Å². The highest BCUT2D eigenvalue weighted by Crippen LogP contribution is 2.38. The highest BCUT2D eigenvalue weighted by molar-refractivity contribution is 9.13. The lowest BCUT2D eigenvalue weighted by molar-refractivity contribution is 1.22. The third-order valence-corrected chi connectivity index (χ3v) is 5.00. The minimum Gasteiger partial charge on any atom is -0.250 e. The summed E-state index contributed by atoms with van der Waals surface area (Å²) in [7, 11) is 0. The number of halogens is 4. The lowest BCUT2D eigenvalue weighted by atomic mass is 10.2. The highest BCUT2D eigenvalue weighted by Gasteiger charge is 2.13. The molecule has 0 aliphatic carbocycles. The molecule has 0 spiro atoms. The van der Waals surface area contributed by atoms with Gasteiger partial charge in [0.1, 0.15) is 0 Å². The van der Waals surface area contributed by atoms with Gasteiger partial charge >= 0.3 is 0 Å². The summed E-state index contributed by atoms with van der Waals surface area (Å²) in [5.41, 5.74) is 1.59. The summed E-state index contributed by atoms with van der Waals surface area (Å²) >= 11 is 19.1. The van der Waals surface area contributed by atoms with Crippen molar-refractivity contribution in [3.05, 3.63) is 36.8 Å². The smallest absolute Gasteiger partial charge is 0.0918 e. The normalized spacial score (nSPS) is 11.0. The summed E-state index contributed by atoms with van der Waals surface area (Å²) in [4.78, 5) is 4.40. The van der Waals surface area contributed by atoms with Gasteiger partial charge in [-0.15, -0.1) is 0 Å². The van der Waals surface area contributed by atoms with Crippen LogP contribution in [0, 0.1) is 6.92 Å². The maximum atomic E-state index is 6.11. The molecule has 0 saturated carbocycles. The molecule has 15 heavy (non-hydrogen) atoms. The molecule has 78 valence electrons. The van der Waals surface area contributed by atoms with Crippen LogP contribution in [-0.2, 0) is 0 Å². The van der Waals surface area contributed by atoms with E-state index in [1.165, 1.54) is 0 Å². The molecule has 0 atom stereocenters. The molecular formula is C10H5Br2Cl2N. The summed E-state index contributed by atoms with van der Waals surface area (Å²) in [5.74, 6) is 0. The first-order valence-corrected chi connectivity index (χ1v) is 6.46. The maximum absolute atomic E-state index is 6.11. The third kappa shape index (κ3) is 1.91. The molecular weight excluding hydrogens is 365 g/mol. The van der Waals surface area contributed by atoms with E-state index >= 15 is 0 Å². The van der Waals surface area contributed by atoms with Crippen LogP contribution in [0.5, 0.6) is 0 Å². The number of rotatable bonds is 0. The molecule has 1 aromatic carbocycles. The molecule has 0 radical (unpaired) electrons. The van der Waals surface area contributed by atoms with Gasteiger partial charge < -0.3 is 0 Å². The van der Waals surface area contributed by atoms with Crippen LogP contribution in [0.1, 0.15) is 5.69 Å². The van der Waals surface area contributed by atoms with E-state index in [2.05, 4.69) is 36.8 Å². The van der Waals surface area contributed by atoms with Gasteiger partial charge in [-0.2, -0.15) is 0 Å². The van der Waals surface area contributed by atoms with E-state index in [1.807, 2.05) is 6.92 Å². The zero-order valence-corrected chi connectivity index (χ0v) is 12.3. The van der Waals surface area contributed by atoms with Crippen molar-refractivity contribution >= 4 is 66.0 Å². The fraction of sp³-hybridized carbons (Fsp3) is 0.100. The number of pyridine rings is 1. The summed E-state index contributed by atoms with van der Waals surface area (Å²) in [6, 6.07) is 3.51. The zero-order chi connectivity index (χ0) is 11.2. The van der Waals surface area contributed by atoms with Gasteiger partial charge in [-0.05, 0) is 50.9 Å². The Bertz CT molecular complexity index is 555.